The molecule has 1 atom stereocenters. The second-order valence-corrected chi connectivity index (χ2v) is 5.22. The van der Waals surface area contributed by atoms with Gasteiger partial charge in [-0.3, -0.25) is 4.79 Å². The highest BCUT2D eigenvalue weighted by molar-refractivity contribution is 7.97. The lowest BCUT2D eigenvalue weighted by Gasteiger charge is -2.13. The Hall–Kier alpha value is -2.21. The van der Waals surface area contributed by atoms with E-state index in [0.717, 1.165) is 0 Å². The number of carboxylic acids is 1. The lowest BCUT2D eigenvalue weighted by molar-refractivity contribution is -0.139. The summed E-state index contributed by atoms with van der Waals surface area (Å²) < 4.78 is 5.38. The third kappa shape index (κ3) is 3.88. The minimum atomic E-state index is -1.12. The molecule has 0 spiro atoms. The summed E-state index contributed by atoms with van der Waals surface area (Å²) in [5.74, 6) is -0.210. The first-order chi connectivity index (χ1) is 10.1. The van der Waals surface area contributed by atoms with Crippen molar-refractivity contribution in [2.24, 2.45) is 0 Å². The molecule has 2 aromatic rings. The van der Waals surface area contributed by atoms with Crippen LogP contribution >= 0.6 is 11.8 Å². The van der Waals surface area contributed by atoms with Gasteiger partial charge in [0.2, 0.25) is 0 Å². The highest BCUT2D eigenvalue weighted by Gasteiger charge is 2.23. The standard InChI is InChI=1S/C15H15NO4S/c1-21-9-11-7-8-12(20-11)14(17)16-13(15(18)19)10-5-3-2-4-6-10/h2-8,13H,9H2,1H3,(H,16,17)(H,18,19)/t13-/m1/s1. The lowest BCUT2D eigenvalue weighted by atomic mass is 10.1. The van der Waals surface area contributed by atoms with Crippen LogP contribution in [0.4, 0.5) is 0 Å². The Balaban J connectivity index is 2.13. The lowest BCUT2D eigenvalue weighted by Crippen LogP contribution is -2.33. The Morgan fingerprint density at radius 2 is 1.95 bits per heavy atom. The molecule has 0 aliphatic rings. The average Bonchev–Trinajstić information content (AvgIpc) is 2.94. The molecule has 1 aromatic heterocycles. The molecule has 0 fully saturated rings. The minimum Gasteiger partial charge on any atom is -0.479 e. The van der Waals surface area contributed by atoms with E-state index < -0.39 is 17.9 Å². The van der Waals surface area contributed by atoms with E-state index in [1.54, 1.807) is 54.2 Å². The van der Waals surface area contributed by atoms with Crippen molar-refractivity contribution in [3.05, 3.63) is 59.5 Å². The fourth-order valence-corrected chi connectivity index (χ4v) is 2.29. The molecule has 21 heavy (non-hydrogen) atoms. The van der Waals surface area contributed by atoms with Crippen LogP contribution in [0.1, 0.15) is 27.9 Å². The van der Waals surface area contributed by atoms with Crippen molar-refractivity contribution in [2.45, 2.75) is 11.8 Å². The Kier molecular flexibility index (Phi) is 5.05. The van der Waals surface area contributed by atoms with Gasteiger partial charge in [0.1, 0.15) is 5.76 Å². The van der Waals surface area contributed by atoms with Crippen LogP contribution in [0.25, 0.3) is 0 Å². The van der Waals surface area contributed by atoms with Gasteiger partial charge in [0.15, 0.2) is 11.8 Å². The average molecular weight is 305 g/mol. The molecule has 0 saturated heterocycles. The van der Waals surface area contributed by atoms with Crippen LogP contribution in [-0.4, -0.2) is 23.2 Å². The van der Waals surface area contributed by atoms with Gasteiger partial charge in [-0.1, -0.05) is 30.3 Å². The normalized spacial score (nSPS) is 11.9. The summed E-state index contributed by atoms with van der Waals surface area (Å²) in [5, 5.41) is 11.7. The number of furan rings is 1. The quantitative estimate of drug-likeness (QED) is 0.857. The minimum absolute atomic E-state index is 0.112. The topological polar surface area (TPSA) is 79.5 Å². The van der Waals surface area contributed by atoms with E-state index in [-0.39, 0.29) is 5.76 Å². The number of hydrogen-bond donors (Lipinski definition) is 2. The van der Waals surface area contributed by atoms with Gasteiger partial charge in [-0.2, -0.15) is 11.8 Å². The summed E-state index contributed by atoms with van der Waals surface area (Å²) in [6.45, 7) is 0. The maximum absolute atomic E-state index is 12.1. The molecular formula is C15H15NO4S. The molecule has 2 rings (SSSR count). The number of thioether (sulfide) groups is 1. The van der Waals surface area contributed by atoms with Gasteiger partial charge in [-0.15, -0.1) is 0 Å². The van der Waals surface area contributed by atoms with E-state index in [0.29, 0.717) is 17.1 Å². The number of hydrogen-bond acceptors (Lipinski definition) is 4. The molecule has 0 unspecified atom stereocenters. The maximum Gasteiger partial charge on any atom is 0.330 e. The molecular weight excluding hydrogens is 290 g/mol. The largest absolute Gasteiger partial charge is 0.479 e. The van der Waals surface area contributed by atoms with Gasteiger partial charge >= 0.3 is 5.97 Å². The summed E-state index contributed by atoms with van der Waals surface area (Å²) in [4.78, 5) is 23.4. The van der Waals surface area contributed by atoms with Crippen molar-refractivity contribution >= 4 is 23.6 Å². The predicted octanol–water partition coefficient (Wildman–Crippen LogP) is 2.70. The van der Waals surface area contributed by atoms with Crippen molar-refractivity contribution < 1.29 is 19.1 Å². The van der Waals surface area contributed by atoms with Gasteiger partial charge in [0.25, 0.3) is 5.91 Å². The van der Waals surface area contributed by atoms with Gasteiger partial charge < -0.3 is 14.8 Å². The number of carbonyl (C=O) groups excluding carboxylic acids is 1. The van der Waals surface area contributed by atoms with Crippen molar-refractivity contribution in [1.29, 1.82) is 0 Å². The van der Waals surface area contributed by atoms with Crippen LogP contribution in [0.5, 0.6) is 0 Å². The number of rotatable bonds is 6. The molecule has 0 saturated carbocycles. The van der Waals surface area contributed by atoms with E-state index in [4.69, 9.17) is 4.42 Å². The number of benzene rings is 1. The summed E-state index contributed by atoms with van der Waals surface area (Å²) in [6, 6.07) is 10.7. The number of amides is 1. The summed E-state index contributed by atoms with van der Waals surface area (Å²) >= 11 is 1.58. The summed E-state index contributed by atoms with van der Waals surface area (Å²) in [5.41, 5.74) is 0.509. The maximum atomic E-state index is 12.1. The second kappa shape index (κ2) is 6.99. The third-order valence-electron chi connectivity index (χ3n) is 2.83. The smallest absolute Gasteiger partial charge is 0.330 e. The molecule has 2 N–H and O–H groups in total. The third-order valence-corrected chi connectivity index (χ3v) is 3.40. The zero-order chi connectivity index (χ0) is 15.2. The number of carboxylic acid groups (broad SMARTS) is 1. The number of aliphatic carboxylic acids is 1. The van der Waals surface area contributed by atoms with Crippen LogP contribution < -0.4 is 5.32 Å². The van der Waals surface area contributed by atoms with E-state index in [2.05, 4.69) is 5.32 Å². The number of nitrogens with one attached hydrogen (secondary N) is 1. The van der Waals surface area contributed by atoms with Crippen LogP contribution in [0, 0.1) is 0 Å². The Morgan fingerprint density at radius 3 is 2.57 bits per heavy atom. The summed E-state index contributed by atoms with van der Waals surface area (Å²) in [7, 11) is 0. The van der Waals surface area contributed by atoms with Crippen LogP contribution in [0.2, 0.25) is 0 Å². The van der Waals surface area contributed by atoms with Gasteiger partial charge in [0.05, 0.1) is 5.75 Å². The van der Waals surface area contributed by atoms with Crippen LogP contribution in [0.3, 0.4) is 0 Å². The molecule has 5 nitrogen and oxygen atoms in total. The van der Waals surface area contributed by atoms with Crippen molar-refractivity contribution in [3.8, 4) is 0 Å². The van der Waals surface area contributed by atoms with Gasteiger partial charge in [-0.05, 0) is 24.0 Å². The Labute approximate surface area is 126 Å². The molecule has 0 aliphatic heterocycles. The molecule has 110 valence electrons. The Bertz CT molecular complexity index is 624. The van der Waals surface area contributed by atoms with E-state index in [1.807, 2.05) is 6.26 Å². The van der Waals surface area contributed by atoms with E-state index >= 15 is 0 Å². The molecule has 0 radical (unpaired) electrons. The van der Waals surface area contributed by atoms with Gasteiger partial charge in [0, 0.05) is 0 Å². The molecule has 0 bridgehead atoms. The monoisotopic (exact) mass is 305 g/mol. The van der Waals surface area contributed by atoms with Gasteiger partial charge in [-0.25, -0.2) is 4.79 Å². The Morgan fingerprint density at radius 1 is 1.24 bits per heavy atom. The SMILES string of the molecule is CSCc1ccc(C(=O)N[C@@H](C(=O)O)c2ccccc2)o1. The van der Waals surface area contributed by atoms with Crippen molar-refractivity contribution in [2.75, 3.05) is 6.26 Å². The van der Waals surface area contributed by atoms with Crippen LogP contribution in [-0.2, 0) is 10.5 Å². The summed E-state index contributed by atoms with van der Waals surface area (Å²) in [6.07, 6.45) is 1.93. The van der Waals surface area contributed by atoms with Crippen molar-refractivity contribution in [1.82, 2.24) is 5.32 Å². The highest BCUT2D eigenvalue weighted by atomic mass is 32.2. The predicted molar refractivity (Wildman–Crippen MR) is 80.2 cm³/mol. The molecule has 6 heteroatoms. The second-order valence-electron chi connectivity index (χ2n) is 4.35. The first-order valence-electron chi connectivity index (χ1n) is 6.28. The van der Waals surface area contributed by atoms with Crippen LogP contribution in [0.15, 0.2) is 46.9 Å². The van der Waals surface area contributed by atoms with Crippen molar-refractivity contribution in [3.63, 3.8) is 0 Å². The first-order valence-corrected chi connectivity index (χ1v) is 7.67. The molecule has 1 aromatic carbocycles. The fourth-order valence-electron chi connectivity index (χ4n) is 1.86. The highest BCUT2D eigenvalue weighted by Crippen LogP contribution is 2.16. The fraction of sp³-hybridized carbons (Fsp3) is 0.200. The first kappa shape index (κ1) is 15.2. The molecule has 0 aliphatic carbocycles. The molecule has 1 amide bonds. The number of carbonyl (C=O) groups is 2. The van der Waals surface area contributed by atoms with E-state index in [9.17, 15) is 14.7 Å². The zero-order valence-corrected chi connectivity index (χ0v) is 12.2. The van der Waals surface area contributed by atoms with E-state index in [1.165, 1.54) is 0 Å². The zero-order valence-electron chi connectivity index (χ0n) is 11.4. The molecule has 1 heterocycles.